The first-order valence-corrected chi connectivity index (χ1v) is 10.0. The molecule has 2 amide bonds. The van der Waals surface area contributed by atoms with Crippen LogP contribution in [0, 0.1) is 0 Å². The Labute approximate surface area is 168 Å². The molecule has 1 atom stereocenters. The number of rotatable bonds is 7. The third kappa shape index (κ3) is 6.90. The number of hydrogen-bond donors (Lipinski definition) is 3. The molecule has 6 nitrogen and oxygen atoms in total. The number of hydrogen-bond acceptors (Lipinski definition) is 3. The predicted molar refractivity (Wildman–Crippen MR) is 111 cm³/mol. The van der Waals surface area contributed by atoms with Crippen molar-refractivity contribution in [3.8, 4) is 0 Å². The number of unbranched alkanes of at least 4 members (excludes halogenated alkanes) is 1. The van der Waals surface area contributed by atoms with Gasteiger partial charge in [0.1, 0.15) is 11.3 Å². The molecule has 148 valence electrons. The fraction of sp³-hybridized carbons (Fsp3) is 0.500. The van der Waals surface area contributed by atoms with Crippen LogP contribution in [0.4, 0.5) is 4.79 Å². The van der Waals surface area contributed by atoms with E-state index in [2.05, 4.69) is 38.5 Å². The van der Waals surface area contributed by atoms with Gasteiger partial charge in [0.15, 0.2) is 0 Å². The van der Waals surface area contributed by atoms with Crippen molar-refractivity contribution < 1.29 is 14.3 Å². The molecule has 0 unspecified atom stereocenters. The quantitative estimate of drug-likeness (QED) is 0.584. The Morgan fingerprint density at radius 2 is 2.00 bits per heavy atom. The SMILES string of the molecule is CCCC[C@@H](CNC(=O)c1cc2ccc(Br)cc2[nH]1)NC(=O)OC(C)(C)C. The van der Waals surface area contributed by atoms with Crippen LogP contribution in [0.3, 0.4) is 0 Å². The lowest BCUT2D eigenvalue weighted by molar-refractivity contribution is 0.0498. The minimum absolute atomic E-state index is 0.178. The monoisotopic (exact) mass is 437 g/mol. The number of alkyl carbamates (subject to hydrolysis) is 1. The highest BCUT2D eigenvalue weighted by Gasteiger charge is 2.20. The van der Waals surface area contributed by atoms with Crippen LogP contribution in [0.1, 0.15) is 57.4 Å². The number of nitrogens with one attached hydrogen (secondary N) is 3. The average molecular weight is 438 g/mol. The molecule has 3 N–H and O–H groups in total. The van der Waals surface area contributed by atoms with Gasteiger partial charge in [-0.15, -0.1) is 0 Å². The van der Waals surface area contributed by atoms with Gasteiger partial charge in [0.05, 0.1) is 0 Å². The van der Waals surface area contributed by atoms with Crippen molar-refractivity contribution in [3.63, 3.8) is 0 Å². The summed E-state index contributed by atoms with van der Waals surface area (Å²) in [5.74, 6) is -0.199. The number of aromatic nitrogens is 1. The van der Waals surface area contributed by atoms with Gasteiger partial charge >= 0.3 is 6.09 Å². The van der Waals surface area contributed by atoms with Crippen LogP contribution in [0.2, 0.25) is 0 Å². The van der Waals surface area contributed by atoms with Crippen molar-refractivity contribution in [2.45, 2.75) is 58.6 Å². The topological polar surface area (TPSA) is 83.2 Å². The van der Waals surface area contributed by atoms with Crippen molar-refractivity contribution in [1.82, 2.24) is 15.6 Å². The van der Waals surface area contributed by atoms with Crippen molar-refractivity contribution in [1.29, 1.82) is 0 Å². The standard InChI is InChI=1S/C20H28BrN3O3/c1-5-6-7-15(23-19(26)27-20(2,3)4)12-22-18(25)17-10-13-8-9-14(21)11-16(13)24-17/h8-11,15,24H,5-7,12H2,1-4H3,(H,22,25)(H,23,26)/t15-/m0/s1. The van der Waals surface area contributed by atoms with Crippen LogP contribution in [0.15, 0.2) is 28.7 Å². The number of fused-ring (bicyclic) bond motifs is 1. The molecular formula is C20H28BrN3O3. The Bertz CT molecular complexity index is 795. The highest BCUT2D eigenvalue weighted by Crippen LogP contribution is 2.20. The number of benzene rings is 1. The summed E-state index contributed by atoms with van der Waals surface area (Å²) in [5, 5.41) is 6.73. The molecule has 2 rings (SSSR count). The number of carbonyl (C=O) groups excluding carboxylic acids is 2. The molecule has 1 heterocycles. The van der Waals surface area contributed by atoms with E-state index < -0.39 is 11.7 Å². The van der Waals surface area contributed by atoms with Crippen molar-refractivity contribution in [2.75, 3.05) is 6.54 Å². The number of aromatic amines is 1. The maximum Gasteiger partial charge on any atom is 0.407 e. The molecule has 0 aliphatic heterocycles. The molecule has 0 aliphatic carbocycles. The molecule has 0 saturated carbocycles. The Hall–Kier alpha value is -2.02. The molecule has 0 saturated heterocycles. The van der Waals surface area contributed by atoms with E-state index in [-0.39, 0.29) is 11.9 Å². The van der Waals surface area contributed by atoms with Crippen LogP contribution in [-0.2, 0) is 4.74 Å². The summed E-state index contributed by atoms with van der Waals surface area (Å²) in [6.45, 7) is 7.90. The number of amides is 2. The van der Waals surface area contributed by atoms with Gasteiger partial charge in [-0.1, -0.05) is 41.8 Å². The predicted octanol–water partition coefficient (Wildman–Crippen LogP) is 4.74. The second-order valence-electron chi connectivity index (χ2n) is 7.61. The van der Waals surface area contributed by atoms with E-state index >= 15 is 0 Å². The molecule has 0 fully saturated rings. The Kier molecular flexibility index (Phi) is 7.30. The van der Waals surface area contributed by atoms with E-state index in [0.717, 1.165) is 34.6 Å². The molecule has 27 heavy (non-hydrogen) atoms. The highest BCUT2D eigenvalue weighted by atomic mass is 79.9. The Morgan fingerprint density at radius 1 is 1.26 bits per heavy atom. The van der Waals surface area contributed by atoms with E-state index in [4.69, 9.17) is 4.74 Å². The van der Waals surface area contributed by atoms with Crippen LogP contribution in [-0.4, -0.2) is 35.2 Å². The number of H-pyrrole nitrogens is 1. The first-order valence-electron chi connectivity index (χ1n) is 9.24. The van der Waals surface area contributed by atoms with Crippen molar-refractivity contribution in [2.24, 2.45) is 0 Å². The fourth-order valence-corrected chi connectivity index (χ4v) is 3.04. The Morgan fingerprint density at radius 3 is 2.67 bits per heavy atom. The zero-order chi connectivity index (χ0) is 20.0. The maximum atomic E-state index is 12.5. The van der Waals surface area contributed by atoms with E-state index in [9.17, 15) is 9.59 Å². The zero-order valence-electron chi connectivity index (χ0n) is 16.3. The fourth-order valence-electron chi connectivity index (χ4n) is 2.68. The Balaban J connectivity index is 1.97. The molecule has 2 aromatic rings. The summed E-state index contributed by atoms with van der Waals surface area (Å²) in [7, 11) is 0. The summed E-state index contributed by atoms with van der Waals surface area (Å²) in [4.78, 5) is 27.7. The third-order valence-electron chi connectivity index (χ3n) is 3.97. The smallest absolute Gasteiger partial charge is 0.407 e. The van der Waals surface area contributed by atoms with E-state index in [0.29, 0.717) is 12.2 Å². The zero-order valence-corrected chi connectivity index (χ0v) is 17.9. The molecule has 0 bridgehead atoms. The van der Waals surface area contributed by atoms with Gasteiger partial charge in [-0.05, 0) is 45.4 Å². The van der Waals surface area contributed by atoms with Gasteiger partial charge in [-0.25, -0.2) is 4.79 Å². The van der Waals surface area contributed by atoms with Crippen molar-refractivity contribution >= 4 is 38.8 Å². The van der Waals surface area contributed by atoms with E-state index in [1.807, 2.05) is 45.0 Å². The van der Waals surface area contributed by atoms with Crippen molar-refractivity contribution in [3.05, 3.63) is 34.4 Å². The largest absolute Gasteiger partial charge is 0.444 e. The van der Waals surface area contributed by atoms with Gasteiger partial charge in [0.2, 0.25) is 0 Å². The van der Waals surface area contributed by atoms with E-state index in [1.54, 1.807) is 0 Å². The minimum Gasteiger partial charge on any atom is -0.444 e. The first-order chi connectivity index (χ1) is 12.7. The van der Waals surface area contributed by atoms with Crippen LogP contribution in [0.5, 0.6) is 0 Å². The summed E-state index contributed by atoms with van der Waals surface area (Å²) in [6.07, 6.45) is 2.28. The summed E-state index contributed by atoms with van der Waals surface area (Å²) in [5.41, 5.74) is 0.833. The van der Waals surface area contributed by atoms with Crippen LogP contribution < -0.4 is 10.6 Å². The average Bonchev–Trinajstić information content (AvgIpc) is 2.98. The molecule has 7 heteroatoms. The molecular weight excluding hydrogens is 410 g/mol. The van der Waals surface area contributed by atoms with E-state index in [1.165, 1.54) is 0 Å². The highest BCUT2D eigenvalue weighted by molar-refractivity contribution is 9.10. The second kappa shape index (κ2) is 9.26. The normalized spacial score (nSPS) is 12.6. The van der Waals surface area contributed by atoms with Gasteiger partial charge in [-0.3, -0.25) is 4.79 Å². The van der Waals surface area contributed by atoms with Gasteiger partial charge < -0.3 is 20.4 Å². The molecule has 0 aliphatic rings. The number of halogens is 1. The molecule has 0 spiro atoms. The molecule has 0 radical (unpaired) electrons. The van der Waals surface area contributed by atoms with Gasteiger partial charge in [-0.2, -0.15) is 0 Å². The number of carbonyl (C=O) groups is 2. The minimum atomic E-state index is -0.554. The molecule has 1 aromatic carbocycles. The van der Waals surface area contributed by atoms with Gasteiger partial charge in [0, 0.05) is 28.0 Å². The maximum absolute atomic E-state index is 12.5. The summed E-state index contributed by atoms with van der Waals surface area (Å²) in [6, 6.07) is 7.45. The van der Waals surface area contributed by atoms with Crippen LogP contribution in [0.25, 0.3) is 10.9 Å². The lowest BCUT2D eigenvalue weighted by atomic mass is 10.1. The summed E-state index contributed by atoms with van der Waals surface area (Å²) < 4.78 is 6.27. The third-order valence-corrected chi connectivity index (χ3v) is 4.46. The first kappa shape index (κ1) is 21.3. The second-order valence-corrected chi connectivity index (χ2v) is 8.53. The lowest BCUT2D eigenvalue weighted by Gasteiger charge is -2.23. The number of ether oxygens (including phenoxy) is 1. The van der Waals surface area contributed by atoms with Gasteiger partial charge in [0.25, 0.3) is 5.91 Å². The molecule has 1 aromatic heterocycles. The summed E-state index contributed by atoms with van der Waals surface area (Å²) >= 11 is 3.42. The van der Waals surface area contributed by atoms with Crippen LogP contribution >= 0.6 is 15.9 Å². The lowest BCUT2D eigenvalue weighted by Crippen LogP contribution is -2.45.